The van der Waals surface area contributed by atoms with E-state index < -0.39 is 5.60 Å². The lowest BCUT2D eigenvalue weighted by Crippen LogP contribution is -2.43. The standard InChI is InChI=1S/C10H14BrNO3S/c1-10(14,6-15-2)5-12-9(13)8-3-7(11)4-16-8/h3-4,14H,5-6H2,1-2H3,(H,12,13)/t10-/m1/s1. The highest BCUT2D eigenvalue weighted by molar-refractivity contribution is 9.10. The second kappa shape index (κ2) is 5.77. The van der Waals surface area contributed by atoms with Gasteiger partial charge in [-0.2, -0.15) is 0 Å². The molecule has 0 unspecified atom stereocenters. The van der Waals surface area contributed by atoms with Crippen molar-refractivity contribution in [2.24, 2.45) is 0 Å². The summed E-state index contributed by atoms with van der Waals surface area (Å²) >= 11 is 4.63. The Morgan fingerprint density at radius 3 is 2.94 bits per heavy atom. The Hall–Kier alpha value is -0.430. The fourth-order valence-electron chi connectivity index (χ4n) is 1.15. The molecule has 0 aliphatic carbocycles. The maximum absolute atomic E-state index is 11.6. The first kappa shape index (κ1) is 13.6. The largest absolute Gasteiger partial charge is 0.386 e. The van der Waals surface area contributed by atoms with Gasteiger partial charge in [-0.1, -0.05) is 0 Å². The highest BCUT2D eigenvalue weighted by Gasteiger charge is 2.21. The number of aliphatic hydroxyl groups is 1. The topological polar surface area (TPSA) is 58.6 Å². The van der Waals surface area contributed by atoms with Crippen molar-refractivity contribution in [2.75, 3.05) is 20.3 Å². The molecule has 1 rings (SSSR count). The molecule has 1 heterocycles. The molecule has 0 spiro atoms. The Morgan fingerprint density at radius 1 is 1.75 bits per heavy atom. The normalized spacial score (nSPS) is 14.5. The Kier molecular flexibility index (Phi) is 4.91. The Morgan fingerprint density at radius 2 is 2.44 bits per heavy atom. The molecule has 6 heteroatoms. The van der Waals surface area contributed by atoms with E-state index in [9.17, 15) is 9.90 Å². The Labute approximate surface area is 107 Å². The van der Waals surface area contributed by atoms with Crippen LogP contribution in [0, 0.1) is 0 Å². The summed E-state index contributed by atoms with van der Waals surface area (Å²) < 4.78 is 5.72. The molecule has 0 bridgehead atoms. The van der Waals surface area contributed by atoms with Crippen molar-refractivity contribution in [3.05, 3.63) is 20.8 Å². The zero-order chi connectivity index (χ0) is 12.2. The quantitative estimate of drug-likeness (QED) is 0.869. The third kappa shape index (κ3) is 4.21. The zero-order valence-corrected chi connectivity index (χ0v) is 11.5. The van der Waals surface area contributed by atoms with Gasteiger partial charge in [-0.25, -0.2) is 0 Å². The van der Waals surface area contributed by atoms with E-state index in [1.165, 1.54) is 18.4 Å². The van der Waals surface area contributed by atoms with E-state index in [1.54, 1.807) is 13.0 Å². The van der Waals surface area contributed by atoms with Crippen LogP contribution < -0.4 is 5.32 Å². The molecule has 16 heavy (non-hydrogen) atoms. The maximum Gasteiger partial charge on any atom is 0.261 e. The molecule has 0 fully saturated rings. The number of amides is 1. The summed E-state index contributed by atoms with van der Waals surface area (Å²) in [5, 5.41) is 14.3. The number of thiophene rings is 1. The molecule has 0 aliphatic rings. The molecular weight excluding hydrogens is 294 g/mol. The summed E-state index contributed by atoms with van der Waals surface area (Å²) in [6.07, 6.45) is 0. The number of carbonyl (C=O) groups is 1. The third-order valence-electron chi connectivity index (χ3n) is 1.88. The first-order chi connectivity index (χ1) is 7.44. The van der Waals surface area contributed by atoms with Gasteiger partial charge in [0.15, 0.2) is 0 Å². The summed E-state index contributed by atoms with van der Waals surface area (Å²) in [4.78, 5) is 12.2. The number of halogens is 1. The van der Waals surface area contributed by atoms with Gasteiger partial charge in [-0.05, 0) is 28.9 Å². The molecule has 0 aromatic carbocycles. The lowest BCUT2D eigenvalue weighted by molar-refractivity contribution is -0.0146. The number of ether oxygens (including phenoxy) is 1. The SMILES string of the molecule is COC[C@](C)(O)CNC(=O)c1cc(Br)cs1. The second-order valence-corrected chi connectivity index (χ2v) is 5.57. The number of rotatable bonds is 5. The molecule has 1 aromatic rings. The minimum atomic E-state index is -1.04. The van der Waals surface area contributed by atoms with Crippen LogP contribution in [0.25, 0.3) is 0 Å². The van der Waals surface area contributed by atoms with Gasteiger partial charge in [0.1, 0.15) is 5.60 Å². The number of hydrogen-bond acceptors (Lipinski definition) is 4. The molecule has 0 saturated heterocycles. The lowest BCUT2D eigenvalue weighted by atomic mass is 10.1. The van der Waals surface area contributed by atoms with E-state index in [-0.39, 0.29) is 19.1 Å². The molecule has 1 atom stereocenters. The fraction of sp³-hybridized carbons (Fsp3) is 0.500. The van der Waals surface area contributed by atoms with Crippen LogP contribution in [0.4, 0.5) is 0 Å². The molecule has 0 saturated carbocycles. The van der Waals surface area contributed by atoms with Gasteiger partial charge in [-0.15, -0.1) is 11.3 Å². The molecule has 2 N–H and O–H groups in total. The minimum Gasteiger partial charge on any atom is -0.386 e. The van der Waals surface area contributed by atoms with E-state index in [1.807, 2.05) is 5.38 Å². The summed E-state index contributed by atoms with van der Waals surface area (Å²) in [7, 11) is 1.51. The average molecular weight is 308 g/mol. The highest BCUT2D eigenvalue weighted by atomic mass is 79.9. The summed E-state index contributed by atoms with van der Waals surface area (Å²) in [5.74, 6) is -0.188. The van der Waals surface area contributed by atoms with Crippen LogP contribution in [0.5, 0.6) is 0 Å². The first-order valence-electron chi connectivity index (χ1n) is 4.68. The number of hydrogen-bond donors (Lipinski definition) is 2. The summed E-state index contributed by atoms with van der Waals surface area (Å²) in [6.45, 7) is 1.96. The minimum absolute atomic E-state index is 0.162. The summed E-state index contributed by atoms with van der Waals surface area (Å²) in [5.41, 5.74) is -1.04. The molecule has 1 amide bonds. The van der Waals surface area contributed by atoms with E-state index in [0.717, 1.165) is 4.47 Å². The van der Waals surface area contributed by atoms with Gasteiger partial charge in [-0.3, -0.25) is 4.79 Å². The highest BCUT2D eigenvalue weighted by Crippen LogP contribution is 2.19. The van der Waals surface area contributed by atoms with Gasteiger partial charge in [0.25, 0.3) is 5.91 Å². The van der Waals surface area contributed by atoms with Crippen molar-refractivity contribution >= 4 is 33.2 Å². The maximum atomic E-state index is 11.6. The second-order valence-electron chi connectivity index (χ2n) is 3.74. The molecule has 1 aromatic heterocycles. The van der Waals surface area contributed by atoms with Crippen molar-refractivity contribution in [3.63, 3.8) is 0 Å². The molecule has 0 aliphatic heterocycles. The number of nitrogens with one attached hydrogen (secondary N) is 1. The van der Waals surface area contributed by atoms with Crippen molar-refractivity contribution in [3.8, 4) is 0 Å². The Bertz CT molecular complexity index is 365. The van der Waals surface area contributed by atoms with Crippen LogP contribution in [0.2, 0.25) is 0 Å². The average Bonchev–Trinajstić information content (AvgIpc) is 2.61. The van der Waals surface area contributed by atoms with Gasteiger partial charge >= 0.3 is 0 Å². The lowest BCUT2D eigenvalue weighted by Gasteiger charge is -2.22. The van der Waals surface area contributed by atoms with Crippen LogP contribution in [0.3, 0.4) is 0 Å². The fourth-order valence-corrected chi connectivity index (χ4v) is 2.49. The van der Waals surface area contributed by atoms with E-state index in [4.69, 9.17) is 4.74 Å². The predicted octanol–water partition coefficient (Wildman–Crippen LogP) is 1.64. The van der Waals surface area contributed by atoms with Crippen molar-refractivity contribution in [1.82, 2.24) is 5.32 Å². The molecule has 90 valence electrons. The van der Waals surface area contributed by atoms with Gasteiger partial charge in [0.2, 0.25) is 0 Å². The molecular formula is C10H14BrNO3S. The van der Waals surface area contributed by atoms with Crippen LogP contribution in [-0.2, 0) is 4.74 Å². The van der Waals surface area contributed by atoms with Crippen LogP contribution in [0.15, 0.2) is 15.9 Å². The van der Waals surface area contributed by atoms with Crippen LogP contribution >= 0.6 is 27.3 Å². The van der Waals surface area contributed by atoms with E-state index in [0.29, 0.717) is 4.88 Å². The third-order valence-corrected chi connectivity index (χ3v) is 3.57. The number of methoxy groups -OCH3 is 1. The Balaban J connectivity index is 2.47. The molecule has 4 nitrogen and oxygen atoms in total. The van der Waals surface area contributed by atoms with Gasteiger partial charge in [0.05, 0.1) is 11.5 Å². The summed E-state index contributed by atoms with van der Waals surface area (Å²) in [6, 6.07) is 1.74. The van der Waals surface area contributed by atoms with Gasteiger partial charge < -0.3 is 15.2 Å². The van der Waals surface area contributed by atoms with Crippen molar-refractivity contribution in [2.45, 2.75) is 12.5 Å². The first-order valence-corrected chi connectivity index (χ1v) is 6.35. The monoisotopic (exact) mass is 307 g/mol. The predicted molar refractivity (Wildman–Crippen MR) is 66.9 cm³/mol. The van der Waals surface area contributed by atoms with E-state index in [2.05, 4.69) is 21.2 Å². The van der Waals surface area contributed by atoms with Crippen LogP contribution in [-0.4, -0.2) is 36.9 Å². The molecule has 0 radical (unpaired) electrons. The van der Waals surface area contributed by atoms with Crippen molar-refractivity contribution < 1.29 is 14.6 Å². The van der Waals surface area contributed by atoms with E-state index >= 15 is 0 Å². The van der Waals surface area contributed by atoms with Crippen LogP contribution in [0.1, 0.15) is 16.6 Å². The van der Waals surface area contributed by atoms with Crippen molar-refractivity contribution in [1.29, 1.82) is 0 Å². The smallest absolute Gasteiger partial charge is 0.261 e. The zero-order valence-electron chi connectivity index (χ0n) is 9.12. The number of carbonyl (C=O) groups excluding carboxylic acids is 1. The van der Waals surface area contributed by atoms with Gasteiger partial charge in [0, 0.05) is 23.5 Å².